The molecule has 160 valence electrons. The van der Waals surface area contributed by atoms with E-state index in [4.69, 9.17) is 5.10 Å². The Balaban J connectivity index is 1.58. The fourth-order valence-electron chi connectivity index (χ4n) is 3.73. The first-order valence-corrected chi connectivity index (χ1v) is 11.1. The highest BCUT2D eigenvalue weighted by Gasteiger charge is 2.09. The van der Waals surface area contributed by atoms with Crippen molar-refractivity contribution < 1.29 is 0 Å². The first-order chi connectivity index (χ1) is 15.7. The number of aryl methyl sites for hydroxylation is 1. The molecule has 0 fully saturated rings. The van der Waals surface area contributed by atoms with Crippen molar-refractivity contribution in [2.75, 3.05) is 16.5 Å². The minimum atomic E-state index is 0.903. The Morgan fingerprint density at radius 3 is 1.78 bits per heavy atom. The van der Waals surface area contributed by atoms with Gasteiger partial charge in [0.25, 0.3) is 0 Å². The number of nitrogens with zero attached hydrogens (tertiary/aromatic N) is 3. The molecular weight excluding hydrogens is 390 g/mol. The second-order valence-corrected chi connectivity index (χ2v) is 7.77. The molecule has 0 amide bonds. The molecule has 0 saturated carbocycles. The Hall–Kier alpha value is -3.85. The topological polar surface area (TPSA) is 18.8 Å². The van der Waals surface area contributed by atoms with Crippen molar-refractivity contribution in [1.29, 1.82) is 0 Å². The summed E-state index contributed by atoms with van der Waals surface area (Å²) in [6.45, 7) is 6.21. The molecule has 3 heteroatoms. The summed E-state index contributed by atoms with van der Waals surface area (Å²) in [7, 11) is 0. The largest absolute Gasteiger partial charge is 0.367 e. The SMILES string of the molecule is CCN(Cc1ccccc1)c1ccc(/C=N/N(c2ccccc2)c2ccccc2)c(C)c1. The van der Waals surface area contributed by atoms with Crippen LogP contribution in [0.1, 0.15) is 23.6 Å². The summed E-state index contributed by atoms with van der Waals surface area (Å²) in [6.07, 6.45) is 1.95. The van der Waals surface area contributed by atoms with Crippen LogP contribution in [-0.4, -0.2) is 12.8 Å². The highest BCUT2D eigenvalue weighted by atomic mass is 15.5. The minimum absolute atomic E-state index is 0.903. The summed E-state index contributed by atoms with van der Waals surface area (Å²) in [5.74, 6) is 0. The van der Waals surface area contributed by atoms with Gasteiger partial charge in [-0.2, -0.15) is 5.10 Å². The van der Waals surface area contributed by atoms with E-state index in [1.165, 1.54) is 16.8 Å². The van der Waals surface area contributed by atoms with Crippen molar-refractivity contribution in [1.82, 2.24) is 0 Å². The lowest BCUT2D eigenvalue weighted by atomic mass is 10.1. The molecule has 0 aromatic heterocycles. The van der Waals surface area contributed by atoms with Gasteiger partial charge >= 0.3 is 0 Å². The van der Waals surface area contributed by atoms with Gasteiger partial charge in [-0.25, -0.2) is 5.01 Å². The molecule has 0 unspecified atom stereocenters. The summed E-state index contributed by atoms with van der Waals surface area (Å²) in [5.41, 5.74) is 6.93. The van der Waals surface area contributed by atoms with Crippen LogP contribution < -0.4 is 9.91 Å². The Labute approximate surface area is 191 Å². The molecule has 4 rings (SSSR count). The van der Waals surface area contributed by atoms with Crippen LogP contribution in [0.3, 0.4) is 0 Å². The number of anilines is 3. The second kappa shape index (κ2) is 10.5. The summed E-state index contributed by atoms with van der Waals surface area (Å²) in [5, 5.41) is 6.83. The molecule has 0 aliphatic rings. The molecule has 0 heterocycles. The summed E-state index contributed by atoms with van der Waals surface area (Å²) < 4.78 is 0. The Kier molecular flexibility index (Phi) is 6.98. The molecule has 0 N–H and O–H groups in total. The lowest BCUT2D eigenvalue weighted by Gasteiger charge is -2.24. The second-order valence-electron chi connectivity index (χ2n) is 7.77. The standard InChI is InChI=1S/C29H29N3/c1-3-31(23-25-13-7-4-8-14-25)29-20-19-26(24(2)21-29)22-30-32(27-15-9-5-10-16-27)28-17-11-6-12-18-28/h4-22H,3,23H2,1-2H3/b30-22+. The van der Waals surface area contributed by atoms with Gasteiger partial charge in [0.1, 0.15) is 0 Å². The highest BCUT2D eigenvalue weighted by Crippen LogP contribution is 2.26. The number of hydrogen-bond acceptors (Lipinski definition) is 3. The molecule has 32 heavy (non-hydrogen) atoms. The van der Waals surface area contributed by atoms with Crippen molar-refractivity contribution in [2.45, 2.75) is 20.4 Å². The molecule has 4 aromatic carbocycles. The van der Waals surface area contributed by atoms with Crippen LogP contribution in [0, 0.1) is 6.92 Å². The van der Waals surface area contributed by atoms with Gasteiger partial charge in [0.05, 0.1) is 17.6 Å². The molecular formula is C29H29N3. The maximum Gasteiger partial charge on any atom is 0.0652 e. The van der Waals surface area contributed by atoms with Crippen molar-refractivity contribution >= 4 is 23.3 Å². The van der Waals surface area contributed by atoms with E-state index in [1.54, 1.807) is 0 Å². The van der Waals surface area contributed by atoms with Crippen molar-refractivity contribution in [3.8, 4) is 0 Å². The third-order valence-electron chi connectivity index (χ3n) is 5.53. The number of benzene rings is 4. The number of rotatable bonds is 8. The number of para-hydroxylation sites is 2. The first-order valence-electron chi connectivity index (χ1n) is 11.1. The maximum atomic E-state index is 4.85. The molecule has 0 saturated heterocycles. The molecule has 0 aliphatic carbocycles. The molecule has 0 radical (unpaired) electrons. The van der Waals surface area contributed by atoms with Gasteiger partial charge in [-0.15, -0.1) is 0 Å². The predicted octanol–water partition coefficient (Wildman–Crippen LogP) is 7.19. The lowest BCUT2D eigenvalue weighted by molar-refractivity contribution is 0.831. The van der Waals surface area contributed by atoms with Crippen LogP contribution >= 0.6 is 0 Å². The van der Waals surface area contributed by atoms with Gasteiger partial charge in [0.2, 0.25) is 0 Å². The number of hydrogen-bond donors (Lipinski definition) is 0. The van der Waals surface area contributed by atoms with Gasteiger partial charge in [0.15, 0.2) is 0 Å². The van der Waals surface area contributed by atoms with Crippen LogP contribution in [0.15, 0.2) is 114 Å². The summed E-state index contributed by atoms with van der Waals surface area (Å²) in [6, 6.07) is 37.7. The van der Waals surface area contributed by atoms with Gasteiger partial charge in [-0.1, -0.05) is 72.8 Å². The Morgan fingerprint density at radius 1 is 0.688 bits per heavy atom. The highest BCUT2D eigenvalue weighted by molar-refractivity contribution is 5.84. The van der Waals surface area contributed by atoms with E-state index in [-0.39, 0.29) is 0 Å². The van der Waals surface area contributed by atoms with E-state index in [9.17, 15) is 0 Å². The van der Waals surface area contributed by atoms with E-state index in [0.717, 1.165) is 30.0 Å². The molecule has 3 nitrogen and oxygen atoms in total. The van der Waals surface area contributed by atoms with Crippen molar-refractivity contribution in [2.24, 2.45) is 5.10 Å². The third kappa shape index (κ3) is 5.25. The molecule has 0 aliphatic heterocycles. The number of hydrazone groups is 1. The quantitative estimate of drug-likeness (QED) is 0.222. The Bertz CT molecular complexity index is 1100. The van der Waals surface area contributed by atoms with Crippen molar-refractivity contribution in [3.05, 3.63) is 126 Å². The smallest absolute Gasteiger partial charge is 0.0652 e. The van der Waals surface area contributed by atoms with E-state index < -0.39 is 0 Å². The monoisotopic (exact) mass is 419 g/mol. The van der Waals surface area contributed by atoms with Crippen LogP contribution in [0.5, 0.6) is 0 Å². The normalized spacial score (nSPS) is 10.9. The maximum absolute atomic E-state index is 4.85. The molecule has 4 aromatic rings. The fraction of sp³-hybridized carbons (Fsp3) is 0.138. The zero-order valence-corrected chi connectivity index (χ0v) is 18.7. The van der Waals surface area contributed by atoms with Gasteiger partial charge in [0, 0.05) is 18.8 Å². The van der Waals surface area contributed by atoms with Gasteiger partial charge in [-0.3, -0.25) is 0 Å². The minimum Gasteiger partial charge on any atom is -0.367 e. The molecule has 0 bridgehead atoms. The predicted molar refractivity (Wildman–Crippen MR) is 137 cm³/mol. The van der Waals surface area contributed by atoms with Crippen LogP contribution in [0.2, 0.25) is 0 Å². The van der Waals surface area contributed by atoms with Crippen LogP contribution in [0.4, 0.5) is 17.1 Å². The van der Waals surface area contributed by atoms with Gasteiger partial charge < -0.3 is 4.90 Å². The molecule has 0 atom stereocenters. The first kappa shape index (κ1) is 21.4. The lowest BCUT2D eigenvalue weighted by Crippen LogP contribution is -2.22. The summed E-state index contributed by atoms with van der Waals surface area (Å²) in [4.78, 5) is 2.39. The molecule has 0 spiro atoms. The third-order valence-corrected chi connectivity index (χ3v) is 5.53. The fourth-order valence-corrected chi connectivity index (χ4v) is 3.73. The average molecular weight is 420 g/mol. The van der Waals surface area contributed by atoms with E-state index in [1.807, 2.05) is 47.6 Å². The van der Waals surface area contributed by atoms with E-state index >= 15 is 0 Å². The van der Waals surface area contributed by atoms with Crippen LogP contribution in [0.25, 0.3) is 0 Å². The van der Waals surface area contributed by atoms with Crippen molar-refractivity contribution in [3.63, 3.8) is 0 Å². The average Bonchev–Trinajstić information content (AvgIpc) is 2.85. The van der Waals surface area contributed by atoms with E-state index in [0.29, 0.717) is 0 Å². The van der Waals surface area contributed by atoms with E-state index in [2.05, 4.69) is 91.5 Å². The summed E-state index contributed by atoms with van der Waals surface area (Å²) >= 11 is 0. The van der Waals surface area contributed by atoms with Crippen LogP contribution in [-0.2, 0) is 6.54 Å². The zero-order valence-electron chi connectivity index (χ0n) is 18.7. The zero-order chi connectivity index (χ0) is 22.2. The van der Waals surface area contributed by atoms with Gasteiger partial charge in [-0.05, 0) is 66.9 Å². The Morgan fingerprint density at radius 2 is 1.25 bits per heavy atom.